The molecule has 0 aliphatic heterocycles. The number of nitrogens with one attached hydrogen (secondary N) is 1. The van der Waals surface area contributed by atoms with E-state index in [0.29, 0.717) is 27.9 Å². The highest BCUT2D eigenvalue weighted by Gasteiger charge is 2.16. The van der Waals surface area contributed by atoms with Gasteiger partial charge < -0.3 is 13.6 Å². The number of rotatable bonds is 4. The normalized spacial score (nSPS) is 10.9. The van der Waals surface area contributed by atoms with Crippen LogP contribution in [-0.4, -0.2) is 18.0 Å². The van der Waals surface area contributed by atoms with E-state index in [2.05, 4.69) is 10.3 Å². The molecule has 1 amide bonds. The molecule has 1 aromatic carbocycles. The van der Waals surface area contributed by atoms with Crippen LogP contribution in [0.2, 0.25) is 0 Å². The van der Waals surface area contributed by atoms with Gasteiger partial charge in [-0.3, -0.25) is 10.1 Å². The summed E-state index contributed by atoms with van der Waals surface area (Å²) < 4.78 is 16.1. The van der Waals surface area contributed by atoms with E-state index in [1.165, 1.54) is 11.3 Å². The number of nitrogens with zero attached hydrogens (tertiary/aromatic N) is 1. The van der Waals surface area contributed by atoms with E-state index in [4.69, 9.17) is 13.6 Å². The van der Waals surface area contributed by atoms with E-state index in [9.17, 15) is 4.79 Å². The first-order chi connectivity index (χ1) is 11.7. The molecule has 4 rings (SSSR count). The molecule has 0 aliphatic carbocycles. The molecular formula is C17H12N2O4S. The molecule has 0 aliphatic rings. The number of amides is 1. The second kappa shape index (κ2) is 5.86. The summed E-state index contributed by atoms with van der Waals surface area (Å²) in [5, 5.41) is 5.82. The van der Waals surface area contributed by atoms with Crippen LogP contribution in [0.5, 0.6) is 5.75 Å². The summed E-state index contributed by atoms with van der Waals surface area (Å²) in [5.41, 5.74) is 1.21. The van der Waals surface area contributed by atoms with Crippen molar-refractivity contribution in [3.63, 3.8) is 0 Å². The van der Waals surface area contributed by atoms with Gasteiger partial charge in [0.1, 0.15) is 5.69 Å². The number of furan rings is 2. The molecule has 3 heterocycles. The van der Waals surface area contributed by atoms with Gasteiger partial charge in [-0.25, -0.2) is 4.98 Å². The molecule has 0 saturated carbocycles. The summed E-state index contributed by atoms with van der Waals surface area (Å²) in [6, 6.07) is 10.8. The summed E-state index contributed by atoms with van der Waals surface area (Å²) in [5.74, 6) is 1.07. The predicted octanol–water partition coefficient (Wildman–Crippen LogP) is 4.41. The number of carbonyl (C=O) groups is 1. The minimum absolute atomic E-state index is 0.198. The Morgan fingerprint density at radius 3 is 3.00 bits per heavy atom. The number of fused-ring (bicyclic) bond motifs is 1. The van der Waals surface area contributed by atoms with Crippen molar-refractivity contribution < 1.29 is 18.4 Å². The van der Waals surface area contributed by atoms with Crippen LogP contribution in [0.25, 0.3) is 22.4 Å². The smallest absolute Gasteiger partial charge is 0.293 e. The topological polar surface area (TPSA) is 77.5 Å². The van der Waals surface area contributed by atoms with Gasteiger partial charge in [0.15, 0.2) is 28.0 Å². The first kappa shape index (κ1) is 14.5. The van der Waals surface area contributed by atoms with Crippen LogP contribution in [0, 0.1) is 0 Å². The molecule has 0 fully saturated rings. The highest BCUT2D eigenvalue weighted by atomic mass is 32.1. The Balaban J connectivity index is 1.58. The van der Waals surface area contributed by atoms with Crippen molar-refractivity contribution in [1.29, 1.82) is 0 Å². The monoisotopic (exact) mass is 340 g/mol. The second-order valence-electron chi connectivity index (χ2n) is 4.96. The Labute approximate surface area is 140 Å². The molecule has 0 saturated heterocycles. The van der Waals surface area contributed by atoms with Crippen LogP contribution in [-0.2, 0) is 0 Å². The summed E-state index contributed by atoms with van der Waals surface area (Å²) in [4.78, 5) is 16.7. The Morgan fingerprint density at radius 2 is 2.21 bits per heavy atom. The molecule has 7 heteroatoms. The van der Waals surface area contributed by atoms with Gasteiger partial charge in [-0.05, 0) is 24.3 Å². The van der Waals surface area contributed by atoms with Crippen molar-refractivity contribution in [2.45, 2.75) is 0 Å². The molecular weight excluding hydrogens is 328 g/mol. The molecule has 6 nitrogen and oxygen atoms in total. The van der Waals surface area contributed by atoms with Crippen LogP contribution < -0.4 is 10.1 Å². The largest absolute Gasteiger partial charge is 0.493 e. The van der Waals surface area contributed by atoms with Crippen molar-refractivity contribution in [1.82, 2.24) is 4.98 Å². The highest BCUT2D eigenvalue weighted by Crippen LogP contribution is 2.29. The lowest BCUT2D eigenvalue weighted by atomic mass is 10.2. The van der Waals surface area contributed by atoms with Gasteiger partial charge in [0.2, 0.25) is 0 Å². The Morgan fingerprint density at radius 1 is 1.29 bits per heavy atom. The van der Waals surface area contributed by atoms with Crippen molar-refractivity contribution >= 4 is 33.3 Å². The molecule has 0 bridgehead atoms. The third-order valence-corrected chi connectivity index (χ3v) is 4.21. The fourth-order valence-corrected chi connectivity index (χ4v) is 3.03. The van der Waals surface area contributed by atoms with Gasteiger partial charge in [-0.15, -0.1) is 11.3 Å². The molecule has 120 valence electrons. The van der Waals surface area contributed by atoms with Gasteiger partial charge in [-0.1, -0.05) is 12.1 Å². The van der Waals surface area contributed by atoms with E-state index >= 15 is 0 Å². The average Bonchev–Trinajstić information content (AvgIpc) is 3.33. The minimum atomic E-state index is -0.367. The second-order valence-corrected chi connectivity index (χ2v) is 5.82. The molecule has 3 aromatic heterocycles. The number of para-hydroxylation sites is 1. The summed E-state index contributed by atoms with van der Waals surface area (Å²) in [6.07, 6.45) is 1.58. The molecule has 0 radical (unpaired) electrons. The van der Waals surface area contributed by atoms with E-state index in [-0.39, 0.29) is 11.7 Å². The maximum atomic E-state index is 12.4. The number of ether oxygens (including phenoxy) is 1. The summed E-state index contributed by atoms with van der Waals surface area (Å²) in [6.45, 7) is 0. The Kier molecular flexibility index (Phi) is 3.55. The fourth-order valence-electron chi connectivity index (χ4n) is 2.34. The van der Waals surface area contributed by atoms with Gasteiger partial charge in [0.05, 0.1) is 13.4 Å². The van der Waals surface area contributed by atoms with Crippen LogP contribution in [0.15, 0.2) is 56.9 Å². The fraction of sp³-hybridized carbons (Fsp3) is 0.0588. The van der Waals surface area contributed by atoms with Gasteiger partial charge in [0, 0.05) is 10.8 Å². The quantitative estimate of drug-likeness (QED) is 0.595. The third-order valence-electron chi connectivity index (χ3n) is 3.45. The lowest BCUT2D eigenvalue weighted by Gasteiger charge is -1.99. The van der Waals surface area contributed by atoms with Crippen LogP contribution in [0.1, 0.15) is 10.6 Å². The average molecular weight is 340 g/mol. The maximum Gasteiger partial charge on any atom is 0.293 e. The number of hydrogen-bond acceptors (Lipinski definition) is 6. The molecule has 24 heavy (non-hydrogen) atoms. The number of methoxy groups -OCH3 is 1. The zero-order valence-corrected chi connectivity index (χ0v) is 13.4. The minimum Gasteiger partial charge on any atom is -0.493 e. The first-order valence-electron chi connectivity index (χ1n) is 7.12. The van der Waals surface area contributed by atoms with E-state index in [1.807, 2.05) is 23.6 Å². The van der Waals surface area contributed by atoms with Gasteiger partial charge in [0.25, 0.3) is 5.91 Å². The first-order valence-corrected chi connectivity index (χ1v) is 8.00. The number of thiazole rings is 1. The van der Waals surface area contributed by atoms with Crippen molar-refractivity contribution in [2.75, 3.05) is 12.4 Å². The van der Waals surface area contributed by atoms with Gasteiger partial charge >= 0.3 is 0 Å². The van der Waals surface area contributed by atoms with Crippen molar-refractivity contribution in [2.24, 2.45) is 0 Å². The highest BCUT2D eigenvalue weighted by molar-refractivity contribution is 7.14. The molecule has 0 atom stereocenters. The van der Waals surface area contributed by atoms with E-state index < -0.39 is 0 Å². The van der Waals surface area contributed by atoms with Crippen molar-refractivity contribution in [3.8, 4) is 17.2 Å². The molecule has 0 spiro atoms. The van der Waals surface area contributed by atoms with E-state index in [0.717, 1.165) is 5.39 Å². The zero-order chi connectivity index (χ0) is 16.5. The van der Waals surface area contributed by atoms with Crippen LogP contribution >= 0.6 is 11.3 Å². The lowest BCUT2D eigenvalue weighted by Crippen LogP contribution is -2.10. The third kappa shape index (κ3) is 2.55. The molecule has 1 N–H and O–H groups in total. The van der Waals surface area contributed by atoms with Crippen LogP contribution in [0.4, 0.5) is 5.13 Å². The molecule has 4 aromatic rings. The maximum absolute atomic E-state index is 12.4. The molecule has 0 unspecified atom stereocenters. The SMILES string of the molecule is COc1cccc2cc(C(=O)Nc3nc(-c4ccco4)cs3)oc12. The number of benzene rings is 1. The number of anilines is 1. The number of aromatic nitrogens is 1. The number of hydrogen-bond donors (Lipinski definition) is 1. The lowest BCUT2D eigenvalue weighted by molar-refractivity contribution is 0.0998. The Hall–Kier alpha value is -3.06. The zero-order valence-electron chi connectivity index (χ0n) is 12.6. The number of carbonyl (C=O) groups excluding carboxylic acids is 1. The van der Waals surface area contributed by atoms with E-state index in [1.54, 1.807) is 31.6 Å². The Bertz CT molecular complexity index is 1000. The van der Waals surface area contributed by atoms with Crippen molar-refractivity contribution in [3.05, 3.63) is 53.8 Å². The summed E-state index contributed by atoms with van der Waals surface area (Å²) >= 11 is 1.32. The van der Waals surface area contributed by atoms with Crippen LogP contribution in [0.3, 0.4) is 0 Å². The summed E-state index contributed by atoms with van der Waals surface area (Å²) in [7, 11) is 1.56. The standard InChI is InChI=1S/C17H12N2O4S/c1-21-13-5-2-4-10-8-14(23-15(10)13)16(20)19-17-18-11(9-24-17)12-6-3-7-22-12/h2-9H,1H3,(H,18,19,20). The predicted molar refractivity (Wildman–Crippen MR) is 90.5 cm³/mol. The van der Waals surface area contributed by atoms with Gasteiger partial charge in [-0.2, -0.15) is 0 Å².